The van der Waals surface area contributed by atoms with Gasteiger partial charge in [0.15, 0.2) is 8.32 Å². The van der Waals surface area contributed by atoms with Crippen LogP contribution < -0.4 is 4.74 Å². The second-order valence-electron chi connectivity index (χ2n) is 11.7. The summed E-state index contributed by atoms with van der Waals surface area (Å²) in [5.41, 5.74) is 0.0438. The van der Waals surface area contributed by atoms with E-state index in [1.807, 2.05) is 26.9 Å². The van der Waals surface area contributed by atoms with E-state index >= 15 is 0 Å². The Morgan fingerprint density at radius 1 is 1.22 bits per heavy atom. The SMILES string of the molecule is CCOC(=O)C(C=N[C@H](CCC(C)(C)[Si](C)(C)O)C(C)(C)C)=C(O)c1cc(I)c(OC(C)C)c(I)c1Cl. The summed E-state index contributed by atoms with van der Waals surface area (Å²) in [4.78, 5) is 28.4. The van der Waals surface area contributed by atoms with Crippen LogP contribution in [-0.2, 0) is 9.53 Å². The van der Waals surface area contributed by atoms with Gasteiger partial charge in [0.2, 0.25) is 0 Å². The standard InChI is InChI=1S/C27H42ClI2NO5Si/c1-11-35-25(33)18(15-31-20(26(4,5)6)12-13-27(7,8)37(9,10)34)23(32)17-14-19(29)24(36-16(2)3)22(30)21(17)28/h14-16,20,32,34H,11-13H2,1-10H3/t20-/m1/s1. The highest BCUT2D eigenvalue weighted by molar-refractivity contribution is 14.1. The summed E-state index contributed by atoms with van der Waals surface area (Å²) in [7, 11) is -2.38. The van der Waals surface area contributed by atoms with Gasteiger partial charge in [-0.1, -0.05) is 46.2 Å². The van der Waals surface area contributed by atoms with Crippen molar-refractivity contribution in [3.63, 3.8) is 0 Å². The molecule has 0 unspecified atom stereocenters. The topological polar surface area (TPSA) is 88.4 Å². The van der Waals surface area contributed by atoms with Crippen molar-refractivity contribution in [2.45, 2.75) is 98.5 Å². The summed E-state index contributed by atoms with van der Waals surface area (Å²) >= 11 is 10.9. The van der Waals surface area contributed by atoms with E-state index in [1.54, 1.807) is 13.0 Å². The Hall–Kier alpha value is -0.373. The molecule has 210 valence electrons. The molecule has 0 saturated carbocycles. The molecule has 0 aliphatic heterocycles. The Kier molecular flexibility index (Phi) is 12.9. The van der Waals surface area contributed by atoms with Crippen LogP contribution in [-0.4, -0.2) is 49.2 Å². The molecule has 1 atom stereocenters. The van der Waals surface area contributed by atoms with Gasteiger partial charge in [0, 0.05) is 11.8 Å². The molecule has 0 fully saturated rings. The summed E-state index contributed by atoms with van der Waals surface area (Å²) in [6, 6.07) is 1.54. The molecule has 0 aliphatic rings. The Bertz CT molecular complexity index is 1030. The predicted octanol–water partition coefficient (Wildman–Crippen LogP) is 8.41. The number of halogens is 3. The first kappa shape index (κ1) is 34.7. The van der Waals surface area contributed by atoms with Crippen molar-refractivity contribution in [1.29, 1.82) is 0 Å². The maximum Gasteiger partial charge on any atom is 0.343 e. The van der Waals surface area contributed by atoms with E-state index in [2.05, 4.69) is 79.8 Å². The van der Waals surface area contributed by atoms with Gasteiger partial charge in [-0.2, -0.15) is 0 Å². The predicted molar refractivity (Wildman–Crippen MR) is 174 cm³/mol. The maximum absolute atomic E-state index is 12.9. The van der Waals surface area contributed by atoms with Crippen LogP contribution in [0.1, 0.15) is 73.8 Å². The fraction of sp³-hybridized carbons (Fsp3) is 0.630. The molecular formula is C27H42ClI2NO5Si. The van der Waals surface area contributed by atoms with Gasteiger partial charge in [0.1, 0.15) is 17.1 Å². The minimum absolute atomic E-state index is 0.0475. The lowest BCUT2D eigenvalue weighted by Crippen LogP contribution is -2.40. The van der Waals surface area contributed by atoms with E-state index in [4.69, 9.17) is 26.1 Å². The van der Waals surface area contributed by atoms with Crippen LogP contribution in [0.15, 0.2) is 16.6 Å². The fourth-order valence-corrected chi connectivity index (χ4v) is 6.28. The van der Waals surface area contributed by atoms with E-state index in [1.165, 1.54) is 6.21 Å². The number of aliphatic hydroxyl groups is 1. The first-order valence-corrected chi connectivity index (χ1v) is 17.9. The van der Waals surface area contributed by atoms with Crippen LogP contribution in [0.25, 0.3) is 5.76 Å². The molecule has 37 heavy (non-hydrogen) atoms. The average molecular weight is 778 g/mol. The Balaban J connectivity index is 3.59. The van der Waals surface area contributed by atoms with Crippen molar-refractivity contribution in [3.8, 4) is 5.75 Å². The van der Waals surface area contributed by atoms with Gasteiger partial charge in [0.05, 0.1) is 30.9 Å². The van der Waals surface area contributed by atoms with Crippen molar-refractivity contribution in [1.82, 2.24) is 0 Å². The monoisotopic (exact) mass is 777 g/mol. The largest absolute Gasteiger partial charge is 0.506 e. The summed E-state index contributed by atoms with van der Waals surface area (Å²) < 4.78 is 12.6. The van der Waals surface area contributed by atoms with Crippen molar-refractivity contribution in [2.24, 2.45) is 10.4 Å². The second kappa shape index (κ2) is 13.8. The van der Waals surface area contributed by atoms with E-state index in [9.17, 15) is 14.7 Å². The number of ether oxygens (including phenoxy) is 2. The van der Waals surface area contributed by atoms with Crippen molar-refractivity contribution in [3.05, 3.63) is 29.4 Å². The van der Waals surface area contributed by atoms with Gasteiger partial charge in [-0.05, 0) is 108 Å². The lowest BCUT2D eigenvalue weighted by Gasteiger charge is -2.37. The Morgan fingerprint density at radius 3 is 2.24 bits per heavy atom. The van der Waals surface area contributed by atoms with Gasteiger partial charge in [-0.25, -0.2) is 4.79 Å². The molecule has 0 radical (unpaired) electrons. The quantitative estimate of drug-likeness (QED) is 0.0449. The molecule has 0 heterocycles. The Morgan fingerprint density at radius 2 is 1.78 bits per heavy atom. The summed E-state index contributed by atoms with van der Waals surface area (Å²) in [5, 5.41) is 11.4. The molecule has 0 amide bonds. The van der Waals surface area contributed by atoms with Crippen LogP contribution in [0.2, 0.25) is 23.2 Å². The normalized spacial score (nSPS) is 14.7. The van der Waals surface area contributed by atoms with Gasteiger partial charge in [-0.3, -0.25) is 4.99 Å². The minimum atomic E-state index is -2.38. The van der Waals surface area contributed by atoms with E-state index in [0.717, 1.165) is 16.4 Å². The van der Waals surface area contributed by atoms with Gasteiger partial charge in [-0.15, -0.1) is 0 Å². The number of nitrogens with zero attached hydrogens (tertiary/aromatic N) is 1. The first-order chi connectivity index (χ1) is 16.7. The molecule has 0 saturated heterocycles. The van der Waals surface area contributed by atoms with Gasteiger partial charge >= 0.3 is 5.97 Å². The first-order valence-electron chi connectivity index (χ1n) is 12.4. The number of rotatable bonds is 11. The van der Waals surface area contributed by atoms with E-state index in [0.29, 0.717) is 14.9 Å². The molecule has 1 aromatic carbocycles. The fourth-order valence-electron chi connectivity index (χ4n) is 3.36. The van der Waals surface area contributed by atoms with Crippen LogP contribution in [0, 0.1) is 12.6 Å². The van der Waals surface area contributed by atoms with E-state index < -0.39 is 14.3 Å². The molecule has 1 aromatic rings. The molecule has 10 heteroatoms. The Labute approximate surface area is 256 Å². The zero-order chi connectivity index (χ0) is 28.9. The summed E-state index contributed by atoms with van der Waals surface area (Å²) in [6.07, 6.45) is 2.87. The third-order valence-corrected chi connectivity index (χ3v) is 12.7. The number of benzene rings is 1. The molecule has 2 N–H and O–H groups in total. The highest BCUT2D eigenvalue weighted by Gasteiger charge is 2.39. The number of esters is 1. The second-order valence-corrected chi connectivity index (χ2v) is 18.7. The number of carbonyl (C=O) groups is 1. The lowest BCUT2D eigenvalue weighted by molar-refractivity contribution is -0.137. The molecule has 0 bridgehead atoms. The number of hydrogen-bond acceptors (Lipinski definition) is 6. The number of carbonyl (C=O) groups excluding carboxylic acids is 1. The minimum Gasteiger partial charge on any atom is -0.506 e. The number of aliphatic imine (C=N–C) groups is 1. The molecule has 1 rings (SSSR count). The molecule has 0 aliphatic carbocycles. The van der Waals surface area contributed by atoms with Crippen LogP contribution in [0.4, 0.5) is 0 Å². The number of aliphatic hydroxyl groups excluding tert-OH is 1. The summed E-state index contributed by atoms with van der Waals surface area (Å²) in [5.74, 6) is -0.338. The molecule has 0 spiro atoms. The molecule has 0 aromatic heterocycles. The van der Waals surface area contributed by atoms with E-state index in [-0.39, 0.29) is 45.6 Å². The van der Waals surface area contributed by atoms with Crippen LogP contribution in [0.3, 0.4) is 0 Å². The lowest BCUT2D eigenvalue weighted by atomic mass is 9.83. The zero-order valence-electron chi connectivity index (χ0n) is 23.6. The maximum atomic E-state index is 12.9. The van der Waals surface area contributed by atoms with Crippen molar-refractivity contribution in [2.75, 3.05) is 6.61 Å². The third-order valence-electron chi connectivity index (χ3n) is 6.56. The number of hydrogen-bond donors (Lipinski definition) is 2. The van der Waals surface area contributed by atoms with Gasteiger partial charge in [0.25, 0.3) is 0 Å². The third kappa shape index (κ3) is 9.65. The molecule has 6 nitrogen and oxygen atoms in total. The highest BCUT2D eigenvalue weighted by Crippen LogP contribution is 2.42. The summed E-state index contributed by atoms with van der Waals surface area (Å²) in [6.45, 7) is 20.1. The highest BCUT2D eigenvalue weighted by atomic mass is 127. The smallest absolute Gasteiger partial charge is 0.343 e. The van der Waals surface area contributed by atoms with Crippen molar-refractivity contribution >= 4 is 83.0 Å². The zero-order valence-corrected chi connectivity index (χ0v) is 29.7. The van der Waals surface area contributed by atoms with Crippen LogP contribution >= 0.6 is 56.8 Å². The molecular weight excluding hydrogens is 736 g/mol. The average Bonchev–Trinajstić information content (AvgIpc) is 2.74. The van der Waals surface area contributed by atoms with Gasteiger partial charge < -0.3 is 19.4 Å². The van der Waals surface area contributed by atoms with Crippen molar-refractivity contribution < 1.29 is 24.2 Å². The van der Waals surface area contributed by atoms with Crippen LogP contribution in [0.5, 0.6) is 5.75 Å².